The van der Waals surface area contributed by atoms with Crippen molar-refractivity contribution < 1.29 is 27.4 Å². The first-order valence-electron chi connectivity index (χ1n) is 7.45. The second-order valence-corrected chi connectivity index (χ2v) is 5.49. The normalized spacial score (nSPS) is 21.8. The van der Waals surface area contributed by atoms with Crippen LogP contribution in [0.15, 0.2) is 23.3 Å². The zero-order valence-corrected chi connectivity index (χ0v) is 12.9. The molecule has 9 heteroatoms. The number of nitrogens with one attached hydrogen (secondary N) is 1. The number of cyclic esters (lactones) is 1. The fourth-order valence-corrected chi connectivity index (χ4v) is 2.74. The Hall–Kier alpha value is -2.29. The molecule has 1 atom stereocenters. The molecule has 0 radical (unpaired) electrons. The number of nitrogens with zero attached hydrogens (tertiary/aromatic N) is 2. The molecule has 0 bridgehead atoms. The molecule has 1 N–H and O–H groups in total. The molecular formula is C15H16F3N3O3. The van der Waals surface area contributed by atoms with Gasteiger partial charge in [0.1, 0.15) is 11.8 Å². The van der Waals surface area contributed by atoms with Crippen LogP contribution in [0, 0.1) is 0 Å². The van der Waals surface area contributed by atoms with E-state index < -0.39 is 23.9 Å². The molecule has 6 nitrogen and oxygen atoms in total. The van der Waals surface area contributed by atoms with Crippen LogP contribution in [-0.2, 0) is 15.7 Å². The van der Waals surface area contributed by atoms with E-state index in [2.05, 4.69) is 10.5 Å². The van der Waals surface area contributed by atoms with E-state index in [-0.39, 0.29) is 17.0 Å². The molecule has 2 aliphatic heterocycles. The molecule has 0 spiro atoms. The summed E-state index contributed by atoms with van der Waals surface area (Å²) in [5, 5.41) is 3.82. The highest BCUT2D eigenvalue weighted by Gasteiger charge is 2.36. The third-order valence-corrected chi connectivity index (χ3v) is 3.89. The minimum atomic E-state index is -4.51. The van der Waals surface area contributed by atoms with E-state index in [1.807, 2.05) is 0 Å². The van der Waals surface area contributed by atoms with Gasteiger partial charge in [-0.2, -0.15) is 18.3 Å². The van der Waals surface area contributed by atoms with Gasteiger partial charge in [-0.1, -0.05) is 6.07 Å². The average molecular weight is 343 g/mol. The maximum absolute atomic E-state index is 13.5. The molecule has 2 heterocycles. The maximum Gasteiger partial charge on any atom is 0.428 e. The summed E-state index contributed by atoms with van der Waals surface area (Å²) in [7, 11) is 0. The number of morpholine rings is 1. The highest BCUT2D eigenvalue weighted by Crippen LogP contribution is 2.38. The van der Waals surface area contributed by atoms with E-state index in [0.29, 0.717) is 26.3 Å². The van der Waals surface area contributed by atoms with Crippen LogP contribution in [0.5, 0.6) is 0 Å². The summed E-state index contributed by atoms with van der Waals surface area (Å²) in [6.07, 6.45) is -5.96. The lowest BCUT2D eigenvalue weighted by Crippen LogP contribution is -2.38. The van der Waals surface area contributed by atoms with E-state index in [0.717, 1.165) is 6.07 Å². The predicted octanol–water partition coefficient (Wildman–Crippen LogP) is 2.37. The molecule has 130 valence electrons. The highest BCUT2D eigenvalue weighted by atomic mass is 19.4. The summed E-state index contributed by atoms with van der Waals surface area (Å²) in [6, 6.07) is 4.02. The lowest BCUT2D eigenvalue weighted by Gasteiger charge is -2.31. The van der Waals surface area contributed by atoms with Gasteiger partial charge in [-0.3, -0.25) is 0 Å². The smallest absolute Gasteiger partial charge is 0.428 e. The van der Waals surface area contributed by atoms with Gasteiger partial charge in [0.2, 0.25) is 0 Å². The summed E-state index contributed by atoms with van der Waals surface area (Å²) in [6.45, 7) is 3.14. The topological polar surface area (TPSA) is 63.2 Å². The molecule has 24 heavy (non-hydrogen) atoms. The molecule has 0 aliphatic carbocycles. The van der Waals surface area contributed by atoms with Gasteiger partial charge in [-0.25, -0.2) is 10.2 Å². The van der Waals surface area contributed by atoms with Crippen molar-refractivity contribution in [3.63, 3.8) is 0 Å². The van der Waals surface area contributed by atoms with Crippen molar-refractivity contribution in [2.24, 2.45) is 5.10 Å². The highest BCUT2D eigenvalue weighted by molar-refractivity contribution is 6.06. The number of hydrogen-bond acceptors (Lipinski definition) is 5. The standard InChI is InChI=1S/C15H16F3N3O3/c1-9-13(19-20-14(22)24-9)10-2-3-12(11(8-10)15(16,17)18)21-4-6-23-7-5-21/h2-3,8-9H,4-7H2,1H3,(H,20,22). The summed E-state index contributed by atoms with van der Waals surface area (Å²) in [4.78, 5) is 12.8. The average Bonchev–Trinajstić information content (AvgIpc) is 2.54. The van der Waals surface area contributed by atoms with Gasteiger partial charge in [0.05, 0.1) is 18.8 Å². The Morgan fingerprint density at radius 3 is 2.62 bits per heavy atom. The molecule has 0 saturated carbocycles. The van der Waals surface area contributed by atoms with Crippen LogP contribution < -0.4 is 10.3 Å². The van der Waals surface area contributed by atoms with Crippen LogP contribution in [-0.4, -0.2) is 44.2 Å². The Labute approximate surface area is 136 Å². The lowest BCUT2D eigenvalue weighted by molar-refractivity contribution is -0.137. The van der Waals surface area contributed by atoms with Gasteiger partial charge >= 0.3 is 12.3 Å². The van der Waals surface area contributed by atoms with Crippen LogP contribution >= 0.6 is 0 Å². The predicted molar refractivity (Wildman–Crippen MR) is 80.1 cm³/mol. The number of alkyl halides is 3. The Bertz CT molecular complexity index is 670. The number of hydrogen-bond donors (Lipinski definition) is 1. The molecule has 0 aromatic heterocycles. The van der Waals surface area contributed by atoms with Gasteiger partial charge in [-0.05, 0) is 19.1 Å². The van der Waals surface area contributed by atoms with E-state index in [1.165, 1.54) is 6.07 Å². The largest absolute Gasteiger partial charge is 0.439 e. The molecule has 1 fully saturated rings. The number of carbonyl (C=O) groups is 1. The number of ether oxygens (including phenoxy) is 2. The molecule has 1 saturated heterocycles. The Morgan fingerprint density at radius 1 is 1.29 bits per heavy atom. The quantitative estimate of drug-likeness (QED) is 0.896. The molecule has 1 aromatic carbocycles. The van der Waals surface area contributed by atoms with Gasteiger partial charge in [-0.15, -0.1) is 0 Å². The second kappa shape index (κ2) is 6.31. The van der Waals surface area contributed by atoms with Gasteiger partial charge < -0.3 is 14.4 Å². The van der Waals surface area contributed by atoms with Crippen molar-refractivity contribution in [3.05, 3.63) is 29.3 Å². The number of hydrazone groups is 1. The first-order valence-corrected chi connectivity index (χ1v) is 7.45. The van der Waals surface area contributed by atoms with Crippen molar-refractivity contribution in [1.82, 2.24) is 5.43 Å². The molecule has 1 aromatic rings. The minimum absolute atomic E-state index is 0.114. The van der Waals surface area contributed by atoms with E-state index in [4.69, 9.17) is 9.47 Å². The van der Waals surface area contributed by atoms with Crippen LogP contribution in [0.2, 0.25) is 0 Å². The summed E-state index contributed by atoms with van der Waals surface area (Å²) in [5.74, 6) is 0. The van der Waals surface area contributed by atoms with E-state index in [9.17, 15) is 18.0 Å². The first-order chi connectivity index (χ1) is 11.4. The Balaban J connectivity index is 2.00. The minimum Gasteiger partial charge on any atom is -0.439 e. The second-order valence-electron chi connectivity index (χ2n) is 5.49. The SMILES string of the molecule is CC1OC(=O)NN=C1c1ccc(N2CCOCC2)c(C(F)(F)F)c1. The number of halogens is 3. The Morgan fingerprint density at radius 2 is 2.00 bits per heavy atom. The zero-order valence-electron chi connectivity index (χ0n) is 12.9. The fraction of sp³-hybridized carbons (Fsp3) is 0.467. The van der Waals surface area contributed by atoms with Gasteiger partial charge in [0.15, 0.2) is 0 Å². The zero-order chi connectivity index (χ0) is 17.3. The fourth-order valence-electron chi connectivity index (χ4n) is 2.74. The molecule has 1 amide bonds. The van der Waals surface area contributed by atoms with Gasteiger partial charge in [0.25, 0.3) is 0 Å². The van der Waals surface area contributed by atoms with Crippen LogP contribution in [0.25, 0.3) is 0 Å². The van der Waals surface area contributed by atoms with Crippen molar-refractivity contribution in [1.29, 1.82) is 0 Å². The number of amides is 1. The molecular weight excluding hydrogens is 327 g/mol. The number of anilines is 1. The van der Waals surface area contributed by atoms with Crippen molar-refractivity contribution in [3.8, 4) is 0 Å². The third-order valence-electron chi connectivity index (χ3n) is 3.89. The number of carbonyl (C=O) groups excluding carboxylic acids is 1. The van der Waals surface area contributed by atoms with E-state index >= 15 is 0 Å². The number of rotatable bonds is 2. The molecule has 3 rings (SSSR count). The Kier molecular flexibility index (Phi) is 4.35. The molecule has 2 aliphatic rings. The van der Waals surface area contributed by atoms with E-state index in [1.54, 1.807) is 17.9 Å². The van der Waals surface area contributed by atoms with Crippen LogP contribution in [0.3, 0.4) is 0 Å². The van der Waals surface area contributed by atoms with Crippen molar-refractivity contribution in [2.75, 3.05) is 31.2 Å². The third kappa shape index (κ3) is 3.30. The van der Waals surface area contributed by atoms with Crippen LogP contribution in [0.4, 0.5) is 23.7 Å². The van der Waals surface area contributed by atoms with Crippen molar-refractivity contribution in [2.45, 2.75) is 19.2 Å². The number of benzene rings is 1. The lowest BCUT2D eigenvalue weighted by atomic mass is 10.0. The maximum atomic E-state index is 13.5. The van der Waals surface area contributed by atoms with Crippen molar-refractivity contribution >= 4 is 17.5 Å². The summed E-state index contributed by atoms with van der Waals surface area (Å²) < 4.78 is 50.7. The summed E-state index contributed by atoms with van der Waals surface area (Å²) >= 11 is 0. The van der Waals surface area contributed by atoms with Gasteiger partial charge in [0, 0.05) is 24.3 Å². The monoisotopic (exact) mass is 343 g/mol. The molecule has 1 unspecified atom stereocenters. The first kappa shape index (κ1) is 16.6. The summed E-state index contributed by atoms with van der Waals surface area (Å²) in [5.41, 5.74) is 1.99. The van der Waals surface area contributed by atoms with Crippen LogP contribution in [0.1, 0.15) is 18.1 Å².